The Hall–Kier alpha value is -2.39. The first-order valence-corrected chi connectivity index (χ1v) is 7.83. The Morgan fingerprint density at radius 2 is 1.82 bits per heavy atom. The van der Waals surface area contributed by atoms with Crippen molar-refractivity contribution < 1.29 is 9.84 Å². The average Bonchev–Trinajstić information content (AvgIpc) is 2.54. The minimum absolute atomic E-state index is 0.203. The Morgan fingerprint density at radius 1 is 1.00 bits per heavy atom. The van der Waals surface area contributed by atoms with E-state index in [1.807, 2.05) is 23.6 Å². The van der Waals surface area contributed by atoms with Crippen LogP contribution in [0, 0.1) is 0 Å². The van der Waals surface area contributed by atoms with Gasteiger partial charge in [0.15, 0.2) is 0 Å². The number of aromatic hydroxyl groups is 1. The zero-order chi connectivity index (χ0) is 15.4. The van der Waals surface area contributed by atoms with Gasteiger partial charge in [-0.25, -0.2) is 0 Å². The summed E-state index contributed by atoms with van der Waals surface area (Å²) < 4.78 is 5.16. The molecule has 3 aromatic rings. The van der Waals surface area contributed by atoms with Gasteiger partial charge in [0.1, 0.15) is 11.5 Å². The number of phenols is 1. The molecule has 0 aromatic heterocycles. The third kappa shape index (κ3) is 3.26. The van der Waals surface area contributed by atoms with Gasteiger partial charge in [-0.3, -0.25) is 0 Å². The Morgan fingerprint density at radius 3 is 2.68 bits per heavy atom. The van der Waals surface area contributed by atoms with Gasteiger partial charge < -0.3 is 9.84 Å². The second-order valence-electron chi connectivity index (χ2n) is 4.86. The van der Waals surface area contributed by atoms with E-state index in [4.69, 9.17) is 4.74 Å². The van der Waals surface area contributed by atoms with Crippen LogP contribution in [-0.4, -0.2) is 12.2 Å². The highest BCUT2D eigenvalue weighted by Gasteiger charge is 2.00. The Balaban J connectivity index is 1.83. The van der Waals surface area contributed by atoms with Crippen molar-refractivity contribution in [1.29, 1.82) is 0 Å². The molecule has 0 heterocycles. The van der Waals surface area contributed by atoms with Crippen LogP contribution in [0.5, 0.6) is 11.5 Å². The molecule has 2 nitrogen and oxygen atoms in total. The lowest BCUT2D eigenvalue weighted by molar-refractivity contribution is 0.407. The van der Waals surface area contributed by atoms with Crippen molar-refractivity contribution in [3.63, 3.8) is 0 Å². The number of hydrogen-bond acceptors (Lipinski definition) is 3. The molecule has 0 aliphatic carbocycles. The number of benzene rings is 3. The quantitative estimate of drug-likeness (QED) is 0.662. The van der Waals surface area contributed by atoms with Crippen LogP contribution in [0.15, 0.2) is 71.0 Å². The predicted octanol–water partition coefficient (Wildman–Crippen LogP) is 5.32. The summed E-state index contributed by atoms with van der Waals surface area (Å²) in [5.41, 5.74) is 0.907. The van der Waals surface area contributed by atoms with Gasteiger partial charge >= 0.3 is 0 Å². The van der Waals surface area contributed by atoms with E-state index >= 15 is 0 Å². The van der Waals surface area contributed by atoms with Gasteiger partial charge in [0.05, 0.1) is 7.11 Å². The summed E-state index contributed by atoms with van der Waals surface area (Å²) in [7, 11) is 1.59. The van der Waals surface area contributed by atoms with Crippen LogP contribution in [0.2, 0.25) is 0 Å². The highest BCUT2D eigenvalue weighted by Crippen LogP contribution is 2.29. The van der Waals surface area contributed by atoms with Gasteiger partial charge in [-0.15, -0.1) is 0 Å². The number of thioether (sulfide) groups is 1. The van der Waals surface area contributed by atoms with Crippen molar-refractivity contribution >= 4 is 28.6 Å². The van der Waals surface area contributed by atoms with E-state index in [0.29, 0.717) is 5.75 Å². The molecule has 0 aliphatic heterocycles. The summed E-state index contributed by atoms with van der Waals surface area (Å²) in [5.74, 6) is 0.851. The van der Waals surface area contributed by atoms with Crippen molar-refractivity contribution in [3.8, 4) is 11.5 Å². The van der Waals surface area contributed by atoms with Crippen molar-refractivity contribution in [2.24, 2.45) is 0 Å². The molecule has 1 N–H and O–H groups in total. The first kappa shape index (κ1) is 14.5. The number of ether oxygens (including phenoxy) is 1. The maximum atomic E-state index is 9.66. The van der Waals surface area contributed by atoms with E-state index < -0.39 is 0 Å². The van der Waals surface area contributed by atoms with Crippen LogP contribution >= 0.6 is 11.8 Å². The van der Waals surface area contributed by atoms with Crippen LogP contribution in [0.4, 0.5) is 0 Å². The molecule has 0 radical (unpaired) electrons. The van der Waals surface area contributed by atoms with Crippen LogP contribution in [-0.2, 0) is 0 Å². The zero-order valence-corrected chi connectivity index (χ0v) is 13.0. The van der Waals surface area contributed by atoms with E-state index in [9.17, 15) is 5.11 Å². The smallest absolute Gasteiger partial charge is 0.123 e. The van der Waals surface area contributed by atoms with Crippen LogP contribution in [0.25, 0.3) is 16.8 Å². The molecule has 0 saturated heterocycles. The third-order valence-corrected chi connectivity index (χ3v) is 4.24. The molecule has 22 heavy (non-hydrogen) atoms. The molecule has 0 atom stereocenters. The standard InChI is InChI=1S/C19H16O2S/c1-21-17-12-14(11-16(20)13-17)9-10-22-19-8-4-6-15-5-2-3-7-18(15)19/h2-13,20H,1H3/b10-9+. The maximum absolute atomic E-state index is 9.66. The Kier molecular flexibility index (Phi) is 4.35. The molecule has 3 aromatic carbocycles. The van der Waals surface area contributed by atoms with Crippen LogP contribution in [0.1, 0.15) is 5.56 Å². The minimum Gasteiger partial charge on any atom is -0.508 e. The van der Waals surface area contributed by atoms with E-state index in [0.717, 1.165) is 5.56 Å². The van der Waals surface area contributed by atoms with Gasteiger partial charge in [-0.2, -0.15) is 0 Å². The summed E-state index contributed by atoms with van der Waals surface area (Å²) in [5, 5.41) is 14.2. The molecule has 0 fully saturated rings. The summed E-state index contributed by atoms with van der Waals surface area (Å²) in [6, 6.07) is 19.8. The van der Waals surface area contributed by atoms with E-state index in [-0.39, 0.29) is 5.75 Å². The number of hydrogen-bond donors (Lipinski definition) is 1. The first-order valence-electron chi connectivity index (χ1n) is 6.95. The van der Waals surface area contributed by atoms with Crippen LogP contribution < -0.4 is 4.74 Å². The third-order valence-electron chi connectivity index (χ3n) is 3.35. The topological polar surface area (TPSA) is 29.5 Å². The van der Waals surface area contributed by atoms with Crippen molar-refractivity contribution in [2.45, 2.75) is 4.90 Å². The summed E-state index contributed by atoms with van der Waals surface area (Å²) in [4.78, 5) is 1.21. The van der Waals surface area contributed by atoms with Gasteiger partial charge in [0.25, 0.3) is 0 Å². The van der Waals surface area contributed by atoms with Crippen molar-refractivity contribution in [2.75, 3.05) is 7.11 Å². The number of rotatable bonds is 4. The second-order valence-corrected chi connectivity index (χ2v) is 5.81. The van der Waals surface area contributed by atoms with E-state index in [1.54, 1.807) is 31.0 Å². The number of phenolic OH excluding ortho intramolecular Hbond substituents is 1. The lowest BCUT2D eigenvalue weighted by atomic mass is 10.1. The lowest BCUT2D eigenvalue weighted by Crippen LogP contribution is -1.83. The maximum Gasteiger partial charge on any atom is 0.123 e. The molecular formula is C19H16O2S. The molecule has 110 valence electrons. The molecule has 0 unspecified atom stereocenters. The molecule has 0 amide bonds. The first-order chi connectivity index (χ1) is 10.8. The summed E-state index contributed by atoms with van der Waals surface area (Å²) in [6.07, 6.45) is 1.97. The fourth-order valence-corrected chi connectivity index (χ4v) is 3.15. The van der Waals surface area contributed by atoms with Crippen molar-refractivity contribution in [3.05, 3.63) is 71.6 Å². The molecule has 0 bridgehead atoms. The van der Waals surface area contributed by atoms with E-state index in [2.05, 4.69) is 36.4 Å². The van der Waals surface area contributed by atoms with Gasteiger partial charge in [0.2, 0.25) is 0 Å². The predicted molar refractivity (Wildman–Crippen MR) is 93.5 cm³/mol. The second kappa shape index (κ2) is 6.58. The largest absolute Gasteiger partial charge is 0.508 e. The monoisotopic (exact) mass is 308 g/mol. The van der Waals surface area contributed by atoms with E-state index in [1.165, 1.54) is 15.7 Å². The molecule has 3 rings (SSSR count). The highest BCUT2D eigenvalue weighted by atomic mass is 32.2. The molecular weight excluding hydrogens is 292 g/mol. The fraction of sp³-hybridized carbons (Fsp3) is 0.0526. The molecule has 0 saturated carbocycles. The molecule has 0 aliphatic rings. The highest BCUT2D eigenvalue weighted by molar-refractivity contribution is 8.02. The average molecular weight is 308 g/mol. The minimum atomic E-state index is 0.203. The van der Waals surface area contributed by atoms with Gasteiger partial charge in [0, 0.05) is 11.0 Å². The number of methoxy groups -OCH3 is 1. The Bertz CT molecular complexity index is 819. The molecule has 3 heteroatoms. The van der Waals surface area contributed by atoms with Gasteiger partial charge in [-0.1, -0.05) is 48.2 Å². The number of fused-ring (bicyclic) bond motifs is 1. The SMILES string of the molecule is COc1cc(O)cc(/C=C/Sc2cccc3ccccc23)c1. The molecule has 0 spiro atoms. The lowest BCUT2D eigenvalue weighted by Gasteiger charge is -2.04. The van der Waals surface area contributed by atoms with Crippen molar-refractivity contribution in [1.82, 2.24) is 0 Å². The van der Waals surface area contributed by atoms with Gasteiger partial charge in [-0.05, 0) is 46.0 Å². The Labute approximate surface area is 134 Å². The normalized spacial score (nSPS) is 11.1. The summed E-state index contributed by atoms with van der Waals surface area (Å²) in [6.45, 7) is 0. The fourth-order valence-electron chi connectivity index (χ4n) is 2.30. The zero-order valence-electron chi connectivity index (χ0n) is 12.2. The summed E-state index contributed by atoms with van der Waals surface area (Å²) >= 11 is 1.66. The van der Waals surface area contributed by atoms with Crippen LogP contribution in [0.3, 0.4) is 0 Å².